The Balaban J connectivity index is 0.000000451. The third-order valence-electron chi connectivity index (χ3n) is 6.42. The Morgan fingerprint density at radius 3 is 2.43 bits per heavy atom. The second-order valence-electron chi connectivity index (χ2n) is 9.35. The molecule has 1 fully saturated rings. The number of rotatable bonds is 5. The highest BCUT2D eigenvalue weighted by Crippen LogP contribution is 2.33. The van der Waals surface area contributed by atoms with E-state index in [0.717, 1.165) is 37.1 Å². The van der Waals surface area contributed by atoms with Gasteiger partial charge in [-0.3, -0.25) is 4.68 Å². The average Bonchev–Trinajstić information content (AvgIpc) is 3.63. The standard InChI is InChI=1S/C26H23FN6O2.C2HF3O2/c27-18-1-3-20(4-2-18)34-21-5-6-23-24(12-21)35-26(32-23)22-11-16(13-30-25(22)28)17-14-31-33(15-17)19-7-9-29-10-8-19;3-2(4,5)1(6)7/h1-6,11-15,19,29H,7-10H2,(H2,28,30);(H,6,7). The van der Waals surface area contributed by atoms with E-state index in [1.807, 2.05) is 16.9 Å². The lowest BCUT2D eigenvalue weighted by Gasteiger charge is -2.22. The lowest BCUT2D eigenvalue weighted by Crippen LogP contribution is -2.29. The summed E-state index contributed by atoms with van der Waals surface area (Å²) in [6.45, 7) is 2.00. The molecular weight excluding hydrogens is 560 g/mol. The number of nitrogens with one attached hydrogen (secondary N) is 1. The minimum Gasteiger partial charge on any atom is -0.475 e. The van der Waals surface area contributed by atoms with Crippen molar-refractivity contribution >= 4 is 22.9 Å². The van der Waals surface area contributed by atoms with Crippen molar-refractivity contribution in [2.24, 2.45) is 0 Å². The van der Waals surface area contributed by atoms with Crippen molar-refractivity contribution in [2.75, 3.05) is 18.8 Å². The number of nitrogens with zero attached hydrogens (tertiary/aromatic N) is 4. The number of alkyl halides is 3. The molecule has 0 radical (unpaired) electrons. The van der Waals surface area contributed by atoms with Gasteiger partial charge in [-0.25, -0.2) is 19.2 Å². The Morgan fingerprint density at radius 2 is 1.74 bits per heavy atom. The van der Waals surface area contributed by atoms with Gasteiger partial charge in [0.15, 0.2) is 5.58 Å². The van der Waals surface area contributed by atoms with E-state index in [9.17, 15) is 17.6 Å². The van der Waals surface area contributed by atoms with Gasteiger partial charge in [0.05, 0.1) is 17.8 Å². The van der Waals surface area contributed by atoms with E-state index in [4.69, 9.17) is 24.8 Å². The molecule has 0 amide bonds. The smallest absolute Gasteiger partial charge is 0.475 e. The molecule has 1 saturated heterocycles. The van der Waals surface area contributed by atoms with Crippen LogP contribution in [0.25, 0.3) is 33.7 Å². The maximum Gasteiger partial charge on any atom is 0.490 e. The van der Waals surface area contributed by atoms with Crippen LogP contribution in [0, 0.1) is 5.82 Å². The Bertz CT molecular complexity index is 1700. The molecule has 0 spiro atoms. The normalized spacial score (nSPS) is 13.9. The predicted octanol–water partition coefficient (Wildman–Crippen LogP) is 5.82. The van der Waals surface area contributed by atoms with Crippen molar-refractivity contribution in [1.29, 1.82) is 0 Å². The van der Waals surface area contributed by atoms with Crippen LogP contribution >= 0.6 is 0 Å². The third kappa shape index (κ3) is 6.66. The molecule has 14 heteroatoms. The van der Waals surface area contributed by atoms with Crippen LogP contribution in [0.5, 0.6) is 11.5 Å². The summed E-state index contributed by atoms with van der Waals surface area (Å²) in [6.07, 6.45) is 2.67. The van der Waals surface area contributed by atoms with Gasteiger partial charge in [-0.1, -0.05) is 0 Å². The second kappa shape index (κ2) is 11.9. The van der Waals surface area contributed by atoms with Crippen LogP contribution in [0.1, 0.15) is 18.9 Å². The first kappa shape index (κ1) is 28.5. The highest BCUT2D eigenvalue weighted by Gasteiger charge is 2.38. The number of hydrogen-bond donors (Lipinski definition) is 3. The van der Waals surface area contributed by atoms with Gasteiger partial charge in [0.2, 0.25) is 5.89 Å². The van der Waals surface area contributed by atoms with Crippen molar-refractivity contribution in [3.8, 4) is 34.1 Å². The highest BCUT2D eigenvalue weighted by molar-refractivity contribution is 5.81. The molecule has 1 aliphatic rings. The Morgan fingerprint density at radius 1 is 1.05 bits per heavy atom. The number of aromatic nitrogens is 4. The van der Waals surface area contributed by atoms with Crippen molar-refractivity contribution < 1.29 is 36.6 Å². The molecule has 3 aromatic heterocycles. The van der Waals surface area contributed by atoms with Crippen LogP contribution in [0.4, 0.5) is 23.4 Å². The summed E-state index contributed by atoms with van der Waals surface area (Å²) in [5.41, 5.74) is 9.85. The molecule has 1 aliphatic heterocycles. The number of carboxylic acid groups (broad SMARTS) is 1. The third-order valence-corrected chi connectivity index (χ3v) is 6.42. The number of piperidine rings is 1. The SMILES string of the molecule is Nc1ncc(-c2cnn(C3CCNCC3)c2)cc1-c1nc2ccc(Oc3ccc(F)cc3)cc2o1.O=C(O)C(F)(F)F. The largest absolute Gasteiger partial charge is 0.490 e. The lowest BCUT2D eigenvalue weighted by atomic mass is 10.1. The summed E-state index contributed by atoms with van der Waals surface area (Å²) < 4.78 is 58.8. The lowest BCUT2D eigenvalue weighted by molar-refractivity contribution is -0.192. The van der Waals surface area contributed by atoms with Crippen molar-refractivity contribution in [2.45, 2.75) is 25.1 Å². The minimum atomic E-state index is -5.08. The van der Waals surface area contributed by atoms with E-state index in [-0.39, 0.29) is 5.82 Å². The molecule has 0 saturated carbocycles. The van der Waals surface area contributed by atoms with Gasteiger partial charge in [0.1, 0.15) is 28.7 Å². The van der Waals surface area contributed by atoms with E-state index in [2.05, 4.69) is 26.6 Å². The number of benzene rings is 2. The number of nitrogen functional groups attached to an aromatic ring is 1. The quantitative estimate of drug-likeness (QED) is 0.218. The molecule has 42 heavy (non-hydrogen) atoms. The summed E-state index contributed by atoms with van der Waals surface area (Å²) in [5, 5.41) is 15.1. The number of hydrogen-bond acceptors (Lipinski definition) is 8. The van der Waals surface area contributed by atoms with E-state index in [1.54, 1.807) is 36.5 Å². The zero-order valence-corrected chi connectivity index (χ0v) is 21.8. The number of nitrogens with two attached hydrogens (primary N) is 1. The van der Waals surface area contributed by atoms with Crippen LogP contribution in [0.3, 0.4) is 0 Å². The monoisotopic (exact) mass is 584 g/mol. The van der Waals surface area contributed by atoms with Crippen molar-refractivity contribution in [3.05, 3.63) is 72.9 Å². The van der Waals surface area contributed by atoms with E-state index in [1.165, 1.54) is 12.1 Å². The topological polar surface area (TPSA) is 141 Å². The number of carbonyl (C=O) groups is 1. The van der Waals surface area contributed by atoms with Gasteiger partial charge >= 0.3 is 12.1 Å². The molecule has 0 bridgehead atoms. The fourth-order valence-electron chi connectivity index (χ4n) is 4.28. The van der Waals surface area contributed by atoms with Gasteiger partial charge in [-0.05, 0) is 68.4 Å². The summed E-state index contributed by atoms with van der Waals surface area (Å²) >= 11 is 0. The van der Waals surface area contributed by atoms with Gasteiger partial charge in [0, 0.05) is 29.6 Å². The first-order chi connectivity index (χ1) is 20.1. The summed E-state index contributed by atoms with van der Waals surface area (Å²) in [5.74, 6) is -1.30. The molecule has 4 N–H and O–H groups in total. The number of ether oxygens (including phenoxy) is 1. The average molecular weight is 585 g/mol. The molecule has 4 heterocycles. The van der Waals surface area contributed by atoms with Gasteiger partial charge in [-0.15, -0.1) is 0 Å². The van der Waals surface area contributed by atoms with Crippen LogP contribution in [-0.4, -0.2) is 50.1 Å². The highest BCUT2D eigenvalue weighted by atomic mass is 19.4. The first-order valence-electron chi connectivity index (χ1n) is 12.7. The predicted molar refractivity (Wildman–Crippen MR) is 144 cm³/mol. The number of halogens is 4. The van der Waals surface area contributed by atoms with Crippen molar-refractivity contribution in [1.82, 2.24) is 25.1 Å². The van der Waals surface area contributed by atoms with Crippen LogP contribution < -0.4 is 15.8 Å². The molecule has 10 nitrogen and oxygen atoms in total. The zero-order valence-electron chi connectivity index (χ0n) is 21.8. The summed E-state index contributed by atoms with van der Waals surface area (Å²) in [4.78, 5) is 17.9. The van der Waals surface area contributed by atoms with Gasteiger partial charge in [-0.2, -0.15) is 18.3 Å². The zero-order chi connectivity index (χ0) is 29.9. The first-order valence-corrected chi connectivity index (χ1v) is 12.7. The fraction of sp³-hybridized carbons (Fsp3) is 0.214. The molecule has 5 aromatic rings. The molecule has 6 rings (SSSR count). The number of anilines is 1. The van der Waals surface area contributed by atoms with Crippen LogP contribution in [-0.2, 0) is 4.79 Å². The fourth-order valence-corrected chi connectivity index (χ4v) is 4.28. The van der Waals surface area contributed by atoms with E-state index < -0.39 is 12.1 Å². The van der Waals surface area contributed by atoms with Gasteiger partial charge in [0.25, 0.3) is 0 Å². The molecular formula is C28H24F4N6O4. The maximum atomic E-state index is 13.2. The minimum absolute atomic E-state index is 0.320. The van der Waals surface area contributed by atoms with E-state index in [0.29, 0.717) is 45.9 Å². The molecule has 0 unspecified atom stereocenters. The molecule has 0 atom stereocenters. The Labute approximate surface area is 235 Å². The number of carboxylic acids is 1. The van der Waals surface area contributed by atoms with Gasteiger partial charge < -0.3 is 25.3 Å². The van der Waals surface area contributed by atoms with Crippen LogP contribution in [0.2, 0.25) is 0 Å². The molecule has 2 aromatic carbocycles. The number of pyridine rings is 1. The van der Waals surface area contributed by atoms with Crippen LogP contribution in [0.15, 0.2) is 71.5 Å². The Kier molecular flexibility index (Phi) is 8.06. The second-order valence-corrected chi connectivity index (χ2v) is 9.35. The summed E-state index contributed by atoms with van der Waals surface area (Å²) in [7, 11) is 0. The Hall–Kier alpha value is -4.98. The number of fused-ring (bicyclic) bond motifs is 1. The van der Waals surface area contributed by atoms with Crippen molar-refractivity contribution in [3.63, 3.8) is 0 Å². The maximum absolute atomic E-state index is 13.2. The van der Waals surface area contributed by atoms with E-state index >= 15 is 0 Å². The number of aliphatic carboxylic acids is 1. The summed E-state index contributed by atoms with van der Waals surface area (Å²) in [6, 6.07) is 13.5. The molecule has 218 valence electrons. The number of oxazole rings is 1. The molecule has 0 aliphatic carbocycles.